The maximum atomic E-state index is 13.3. The molecule has 1 heterocycles. The van der Waals surface area contributed by atoms with Crippen LogP contribution >= 0.6 is 0 Å². The van der Waals surface area contributed by atoms with Gasteiger partial charge in [-0.15, -0.1) is 0 Å². The van der Waals surface area contributed by atoms with Gasteiger partial charge in [-0.2, -0.15) is 5.26 Å². The number of fused-ring (bicyclic) bond motifs is 2. The molecule has 1 saturated heterocycles. The minimum absolute atomic E-state index is 0.244. The minimum atomic E-state index is -0.244. The molecule has 0 radical (unpaired) electrons. The van der Waals surface area contributed by atoms with E-state index in [0.717, 1.165) is 30.5 Å². The van der Waals surface area contributed by atoms with Crippen molar-refractivity contribution in [1.82, 2.24) is 4.90 Å². The molecule has 2 unspecified atom stereocenters. The molecule has 0 aromatic heterocycles. The van der Waals surface area contributed by atoms with Crippen LogP contribution in [-0.4, -0.2) is 18.0 Å². The fourth-order valence-corrected chi connectivity index (χ4v) is 3.71. The number of nitriles is 1. The first-order valence-corrected chi connectivity index (χ1v) is 7.15. The number of nitrogens with zero attached hydrogens (tertiary/aromatic N) is 2. The first-order chi connectivity index (χ1) is 9.24. The molecule has 2 aliphatic rings. The molecular weight excluding hydrogens is 239 g/mol. The zero-order valence-corrected chi connectivity index (χ0v) is 11.1. The molecule has 3 heteroatoms. The fraction of sp³-hybridized carbons (Fsp3) is 0.562. The van der Waals surface area contributed by atoms with Gasteiger partial charge in [-0.25, -0.2) is 4.39 Å². The van der Waals surface area contributed by atoms with Crippen LogP contribution in [0, 0.1) is 29.0 Å². The SMILES string of the molecule is N#Cc1ccc(F)cc1CN1CC2CCCC(C2)C1. The van der Waals surface area contributed by atoms with Crippen LogP contribution in [0.2, 0.25) is 0 Å². The number of rotatable bonds is 2. The standard InChI is InChI=1S/C16H19FN2/c17-16-5-4-14(8-18)15(7-16)11-19-9-12-2-1-3-13(6-12)10-19/h4-5,7,12-13H,1-3,6,9-11H2. The third-order valence-electron chi connectivity index (χ3n) is 4.51. The van der Waals surface area contributed by atoms with Crippen LogP contribution < -0.4 is 0 Å². The highest BCUT2D eigenvalue weighted by atomic mass is 19.1. The average Bonchev–Trinajstić information content (AvgIpc) is 2.38. The molecule has 2 atom stereocenters. The average molecular weight is 258 g/mol. The first kappa shape index (κ1) is 12.6. The predicted molar refractivity (Wildman–Crippen MR) is 71.8 cm³/mol. The Morgan fingerprint density at radius 1 is 1.26 bits per heavy atom. The van der Waals surface area contributed by atoms with E-state index in [-0.39, 0.29) is 5.82 Å². The van der Waals surface area contributed by atoms with Crippen molar-refractivity contribution >= 4 is 0 Å². The lowest BCUT2D eigenvalue weighted by Crippen LogP contribution is -2.42. The molecule has 3 rings (SSSR count). The Balaban J connectivity index is 1.75. The molecule has 1 aliphatic heterocycles. The molecule has 1 aromatic rings. The van der Waals surface area contributed by atoms with Gasteiger partial charge in [0.15, 0.2) is 0 Å². The third-order valence-corrected chi connectivity index (χ3v) is 4.51. The lowest BCUT2D eigenvalue weighted by molar-refractivity contribution is 0.0807. The van der Waals surface area contributed by atoms with Crippen LogP contribution in [0.25, 0.3) is 0 Å². The third kappa shape index (κ3) is 2.79. The van der Waals surface area contributed by atoms with E-state index in [2.05, 4.69) is 11.0 Å². The van der Waals surface area contributed by atoms with Gasteiger partial charge in [-0.3, -0.25) is 4.90 Å². The van der Waals surface area contributed by atoms with Gasteiger partial charge < -0.3 is 0 Å². The summed E-state index contributed by atoms with van der Waals surface area (Å²) in [6, 6.07) is 6.65. The number of piperidine rings is 1. The molecule has 1 aliphatic carbocycles. The van der Waals surface area contributed by atoms with Crippen LogP contribution in [0.1, 0.15) is 36.8 Å². The normalized spacial score (nSPS) is 26.9. The van der Waals surface area contributed by atoms with Crippen molar-refractivity contribution in [2.24, 2.45) is 11.8 Å². The molecule has 1 aromatic carbocycles. The van der Waals surface area contributed by atoms with E-state index in [4.69, 9.17) is 5.26 Å². The summed E-state index contributed by atoms with van der Waals surface area (Å²) in [5, 5.41) is 9.11. The Bertz CT molecular complexity index is 494. The van der Waals surface area contributed by atoms with Crippen molar-refractivity contribution in [3.05, 3.63) is 35.1 Å². The molecule has 2 nitrogen and oxygen atoms in total. The fourth-order valence-electron chi connectivity index (χ4n) is 3.71. The molecule has 100 valence electrons. The highest BCUT2D eigenvalue weighted by Gasteiger charge is 2.30. The van der Waals surface area contributed by atoms with E-state index in [0.29, 0.717) is 12.1 Å². The Kier molecular flexibility index (Phi) is 3.52. The summed E-state index contributed by atoms with van der Waals surface area (Å²) in [6.07, 6.45) is 5.40. The van der Waals surface area contributed by atoms with Crippen molar-refractivity contribution in [2.75, 3.05) is 13.1 Å². The number of hydrogen-bond acceptors (Lipinski definition) is 2. The maximum Gasteiger partial charge on any atom is 0.123 e. The summed E-state index contributed by atoms with van der Waals surface area (Å²) >= 11 is 0. The second-order valence-electron chi connectivity index (χ2n) is 6.01. The van der Waals surface area contributed by atoms with E-state index in [9.17, 15) is 4.39 Å². The molecule has 2 fully saturated rings. The van der Waals surface area contributed by atoms with Gasteiger partial charge in [0.25, 0.3) is 0 Å². The van der Waals surface area contributed by atoms with Gasteiger partial charge in [0.2, 0.25) is 0 Å². The van der Waals surface area contributed by atoms with Crippen LogP contribution in [0.3, 0.4) is 0 Å². The van der Waals surface area contributed by atoms with Crippen LogP contribution in [-0.2, 0) is 6.54 Å². The zero-order chi connectivity index (χ0) is 13.2. The van der Waals surface area contributed by atoms with Gasteiger partial charge in [0, 0.05) is 19.6 Å². The largest absolute Gasteiger partial charge is 0.298 e. The zero-order valence-electron chi connectivity index (χ0n) is 11.1. The van der Waals surface area contributed by atoms with Crippen LogP contribution in [0.15, 0.2) is 18.2 Å². The predicted octanol–water partition coefficient (Wildman–Crippen LogP) is 3.32. The Morgan fingerprint density at radius 3 is 2.68 bits per heavy atom. The number of benzene rings is 1. The Morgan fingerprint density at radius 2 is 2.00 bits per heavy atom. The molecule has 2 bridgehead atoms. The summed E-state index contributed by atoms with van der Waals surface area (Å²) in [4.78, 5) is 2.41. The van der Waals surface area contributed by atoms with Crippen LogP contribution in [0.4, 0.5) is 4.39 Å². The summed E-state index contributed by atoms with van der Waals surface area (Å²) in [5.41, 5.74) is 1.44. The highest BCUT2D eigenvalue weighted by Crippen LogP contribution is 2.35. The lowest BCUT2D eigenvalue weighted by atomic mass is 9.78. The Labute approximate surface area is 113 Å². The molecular formula is C16H19FN2. The van der Waals surface area contributed by atoms with E-state index in [1.807, 2.05) is 0 Å². The van der Waals surface area contributed by atoms with E-state index in [1.165, 1.54) is 37.8 Å². The second kappa shape index (κ2) is 5.30. The van der Waals surface area contributed by atoms with Crippen molar-refractivity contribution in [3.8, 4) is 6.07 Å². The quantitative estimate of drug-likeness (QED) is 0.813. The summed E-state index contributed by atoms with van der Waals surface area (Å²) in [5.74, 6) is 1.38. The summed E-state index contributed by atoms with van der Waals surface area (Å²) < 4.78 is 13.3. The molecule has 0 amide bonds. The molecule has 0 spiro atoms. The van der Waals surface area contributed by atoms with E-state index in [1.54, 1.807) is 6.07 Å². The van der Waals surface area contributed by atoms with Gasteiger partial charge >= 0.3 is 0 Å². The van der Waals surface area contributed by atoms with Gasteiger partial charge in [-0.05, 0) is 54.9 Å². The lowest BCUT2D eigenvalue weighted by Gasteiger charge is -2.41. The smallest absolute Gasteiger partial charge is 0.123 e. The van der Waals surface area contributed by atoms with E-state index >= 15 is 0 Å². The summed E-state index contributed by atoms with van der Waals surface area (Å²) in [7, 11) is 0. The molecule has 0 N–H and O–H groups in total. The second-order valence-corrected chi connectivity index (χ2v) is 6.01. The number of halogens is 1. The highest BCUT2D eigenvalue weighted by molar-refractivity contribution is 5.37. The number of hydrogen-bond donors (Lipinski definition) is 0. The van der Waals surface area contributed by atoms with Crippen molar-refractivity contribution in [3.63, 3.8) is 0 Å². The van der Waals surface area contributed by atoms with Gasteiger partial charge in [0.05, 0.1) is 11.6 Å². The van der Waals surface area contributed by atoms with Gasteiger partial charge in [-0.1, -0.05) is 6.42 Å². The molecule has 1 saturated carbocycles. The van der Waals surface area contributed by atoms with Crippen molar-refractivity contribution < 1.29 is 4.39 Å². The summed E-state index contributed by atoms with van der Waals surface area (Å²) in [6.45, 7) is 2.93. The maximum absolute atomic E-state index is 13.3. The number of likely N-dealkylation sites (tertiary alicyclic amines) is 1. The molecule has 19 heavy (non-hydrogen) atoms. The Hall–Kier alpha value is -1.40. The van der Waals surface area contributed by atoms with Crippen molar-refractivity contribution in [2.45, 2.75) is 32.2 Å². The monoisotopic (exact) mass is 258 g/mol. The van der Waals surface area contributed by atoms with Crippen molar-refractivity contribution in [1.29, 1.82) is 5.26 Å². The minimum Gasteiger partial charge on any atom is -0.298 e. The van der Waals surface area contributed by atoms with Gasteiger partial charge in [0.1, 0.15) is 5.82 Å². The first-order valence-electron chi connectivity index (χ1n) is 7.15. The van der Waals surface area contributed by atoms with E-state index < -0.39 is 0 Å². The van der Waals surface area contributed by atoms with Crippen LogP contribution in [0.5, 0.6) is 0 Å². The topological polar surface area (TPSA) is 27.0 Å².